The fourth-order valence-corrected chi connectivity index (χ4v) is 3.46. The Morgan fingerprint density at radius 2 is 2.10 bits per heavy atom. The molecule has 4 nitrogen and oxygen atoms in total. The molecule has 1 fully saturated rings. The molecule has 0 N–H and O–H groups in total. The van der Waals surface area contributed by atoms with Crippen LogP contribution in [0.2, 0.25) is 0 Å². The second kappa shape index (κ2) is 6.39. The average Bonchev–Trinajstić information content (AvgIpc) is 2.89. The van der Waals surface area contributed by atoms with Crippen LogP contribution in [0.5, 0.6) is 0 Å². The Labute approximate surface area is 131 Å². The molecule has 5 heteroatoms. The van der Waals surface area contributed by atoms with Crippen LogP contribution in [0.15, 0.2) is 0 Å². The van der Waals surface area contributed by atoms with Gasteiger partial charge >= 0.3 is 0 Å². The summed E-state index contributed by atoms with van der Waals surface area (Å²) in [5.74, 6) is 2.67. The molecular weight excluding hydrogens is 284 g/mol. The van der Waals surface area contributed by atoms with Crippen molar-refractivity contribution in [1.82, 2.24) is 19.3 Å². The molecule has 2 aromatic rings. The van der Waals surface area contributed by atoms with Gasteiger partial charge in [0.25, 0.3) is 0 Å². The van der Waals surface area contributed by atoms with Crippen molar-refractivity contribution < 1.29 is 0 Å². The third kappa shape index (κ3) is 2.83. The minimum atomic E-state index is 0.628. The summed E-state index contributed by atoms with van der Waals surface area (Å²) >= 11 is 5.97. The molecule has 21 heavy (non-hydrogen) atoms. The van der Waals surface area contributed by atoms with Crippen molar-refractivity contribution in [2.75, 3.05) is 5.88 Å². The Morgan fingerprint density at radius 3 is 2.71 bits per heavy atom. The van der Waals surface area contributed by atoms with Gasteiger partial charge < -0.3 is 4.57 Å². The molecule has 0 amide bonds. The molecule has 0 unspecified atom stereocenters. The summed E-state index contributed by atoms with van der Waals surface area (Å²) in [6, 6.07) is 0. The van der Waals surface area contributed by atoms with E-state index in [4.69, 9.17) is 16.6 Å². The number of rotatable bonds is 7. The van der Waals surface area contributed by atoms with Gasteiger partial charge in [0.05, 0.1) is 5.69 Å². The zero-order chi connectivity index (χ0) is 14.8. The van der Waals surface area contributed by atoms with Gasteiger partial charge in [0.15, 0.2) is 5.65 Å². The van der Waals surface area contributed by atoms with Crippen LogP contribution in [0.4, 0.5) is 0 Å². The van der Waals surface area contributed by atoms with E-state index in [9.17, 15) is 0 Å². The Kier molecular flexibility index (Phi) is 4.53. The molecule has 0 bridgehead atoms. The minimum absolute atomic E-state index is 0.628. The number of aromatic nitrogens is 4. The van der Waals surface area contributed by atoms with Crippen molar-refractivity contribution in [1.29, 1.82) is 0 Å². The van der Waals surface area contributed by atoms with Gasteiger partial charge in [0.1, 0.15) is 11.3 Å². The first-order valence-corrected chi connectivity index (χ1v) is 8.75. The van der Waals surface area contributed by atoms with E-state index in [1.54, 1.807) is 0 Å². The second-order valence-electron chi connectivity index (χ2n) is 6.20. The van der Waals surface area contributed by atoms with Crippen LogP contribution in [-0.2, 0) is 26.4 Å². The van der Waals surface area contributed by atoms with Gasteiger partial charge in [0, 0.05) is 25.9 Å². The van der Waals surface area contributed by atoms with Gasteiger partial charge in [-0.05, 0) is 18.8 Å². The standard InChI is InChI=1S/C16H25ClN4/c1-3-5-13-15-16(20(2)19-13)21(14(18-15)8-10-17)11-9-12-6-4-7-12/h12H,3-11H2,1-2H3. The highest BCUT2D eigenvalue weighted by molar-refractivity contribution is 6.17. The first-order valence-electron chi connectivity index (χ1n) is 8.21. The molecule has 1 aliphatic carbocycles. The summed E-state index contributed by atoms with van der Waals surface area (Å²) in [5, 5.41) is 4.66. The van der Waals surface area contributed by atoms with Crippen LogP contribution in [0.3, 0.4) is 0 Å². The number of alkyl halides is 1. The highest BCUT2D eigenvalue weighted by atomic mass is 35.5. The Balaban J connectivity index is 1.94. The quantitative estimate of drug-likeness (QED) is 0.731. The molecule has 0 radical (unpaired) electrons. The van der Waals surface area contributed by atoms with Gasteiger partial charge in [-0.3, -0.25) is 4.68 Å². The van der Waals surface area contributed by atoms with Crippen LogP contribution in [0.25, 0.3) is 11.2 Å². The summed E-state index contributed by atoms with van der Waals surface area (Å²) in [6.07, 6.45) is 8.40. The SMILES string of the molecule is CCCc1nn(C)c2c1nc(CCCl)n2CCC1CCC1. The largest absolute Gasteiger partial charge is 0.313 e. The minimum Gasteiger partial charge on any atom is -0.313 e. The molecule has 0 spiro atoms. The molecular formula is C16H25ClN4. The normalized spacial score (nSPS) is 15.8. The van der Waals surface area contributed by atoms with Gasteiger partial charge in [-0.2, -0.15) is 5.10 Å². The lowest BCUT2D eigenvalue weighted by Crippen LogP contribution is -2.16. The average molecular weight is 309 g/mol. The van der Waals surface area contributed by atoms with E-state index in [1.807, 2.05) is 11.7 Å². The maximum atomic E-state index is 5.97. The molecule has 2 aromatic heterocycles. The third-order valence-corrected chi connectivity index (χ3v) is 4.85. The van der Waals surface area contributed by atoms with E-state index in [1.165, 1.54) is 31.3 Å². The molecule has 0 atom stereocenters. The maximum absolute atomic E-state index is 5.97. The van der Waals surface area contributed by atoms with Crippen LogP contribution in [-0.4, -0.2) is 25.2 Å². The number of hydrogen-bond donors (Lipinski definition) is 0. The van der Waals surface area contributed by atoms with Crippen molar-refractivity contribution >= 4 is 22.8 Å². The van der Waals surface area contributed by atoms with Gasteiger partial charge in [0.2, 0.25) is 0 Å². The topological polar surface area (TPSA) is 35.6 Å². The maximum Gasteiger partial charge on any atom is 0.158 e. The van der Waals surface area contributed by atoms with Gasteiger partial charge in [-0.25, -0.2) is 4.98 Å². The molecule has 1 saturated carbocycles. The molecule has 3 rings (SSSR count). The molecule has 0 aromatic carbocycles. The van der Waals surface area contributed by atoms with Crippen molar-refractivity contribution in [2.45, 2.75) is 58.4 Å². The van der Waals surface area contributed by atoms with Crippen LogP contribution >= 0.6 is 11.6 Å². The Hall–Kier alpha value is -1.03. The molecule has 1 aliphatic rings. The lowest BCUT2D eigenvalue weighted by Gasteiger charge is -2.25. The monoisotopic (exact) mass is 308 g/mol. The van der Waals surface area contributed by atoms with E-state index >= 15 is 0 Å². The highest BCUT2D eigenvalue weighted by Gasteiger charge is 2.21. The summed E-state index contributed by atoms with van der Waals surface area (Å²) in [5.41, 5.74) is 3.40. The lowest BCUT2D eigenvalue weighted by atomic mass is 9.83. The number of aryl methyl sites for hydroxylation is 4. The van der Waals surface area contributed by atoms with Crippen molar-refractivity contribution in [3.05, 3.63) is 11.5 Å². The summed E-state index contributed by atoms with van der Waals surface area (Å²) < 4.78 is 4.37. The zero-order valence-electron chi connectivity index (χ0n) is 13.1. The highest BCUT2D eigenvalue weighted by Crippen LogP contribution is 2.31. The molecule has 0 aliphatic heterocycles. The van der Waals surface area contributed by atoms with E-state index in [0.717, 1.165) is 48.8 Å². The number of nitrogens with zero attached hydrogens (tertiary/aromatic N) is 4. The van der Waals surface area contributed by atoms with E-state index < -0.39 is 0 Å². The third-order valence-electron chi connectivity index (χ3n) is 4.66. The predicted molar refractivity (Wildman–Crippen MR) is 86.9 cm³/mol. The first-order chi connectivity index (χ1) is 10.2. The number of imidazole rings is 1. The van der Waals surface area contributed by atoms with Crippen LogP contribution in [0, 0.1) is 5.92 Å². The number of hydrogen-bond acceptors (Lipinski definition) is 2. The molecule has 116 valence electrons. The van der Waals surface area contributed by atoms with E-state index in [0.29, 0.717) is 5.88 Å². The van der Waals surface area contributed by atoms with Gasteiger partial charge in [-0.15, -0.1) is 11.6 Å². The fraction of sp³-hybridized carbons (Fsp3) is 0.750. The van der Waals surface area contributed by atoms with Crippen LogP contribution < -0.4 is 0 Å². The van der Waals surface area contributed by atoms with E-state index in [-0.39, 0.29) is 0 Å². The first kappa shape index (κ1) is 14.9. The number of halogens is 1. The summed E-state index contributed by atoms with van der Waals surface area (Å²) in [6.45, 7) is 3.24. The summed E-state index contributed by atoms with van der Waals surface area (Å²) in [4.78, 5) is 4.86. The lowest BCUT2D eigenvalue weighted by molar-refractivity contribution is 0.282. The van der Waals surface area contributed by atoms with Crippen molar-refractivity contribution in [3.63, 3.8) is 0 Å². The van der Waals surface area contributed by atoms with Crippen molar-refractivity contribution in [3.8, 4) is 0 Å². The summed E-state index contributed by atoms with van der Waals surface area (Å²) in [7, 11) is 2.04. The fourth-order valence-electron chi connectivity index (χ4n) is 3.30. The van der Waals surface area contributed by atoms with Gasteiger partial charge in [-0.1, -0.05) is 32.6 Å². The number of fused-ring (bicyclic) bond motifs is 1. The second-order valence-corrected chi connectivity index (χ2v) is 6.57. The zero-order valence-corrected chi connectivity index (χ0v) is 13.9. The smallest absolute Gasteiger partial charge is 0.158 e. The molecule has 2 heterocycles. The van der Waals surface area contributed by atoms with Crippen molar-refractivity contribution in [2.24, 2.45) is 13.0 Å². The predicted octanol–water partition coefficient (Wildman–Crippen LogP) is 3.69. The van der Waals surface area contributed by atoms with Crippen LogP contribution in [0.1, 0.15) is 50.5 Å². The Bertz CT molecular complexity index is 609. The Morgan fingerprint density at radius 1 is 1.29 bits per heavy atom. The van der Waals surface area contributed by atoms with E-state index in [2.05, 4.69) is 16.6 Å². The molecule has 0 saturated heterocycles.